The molecule has 6 heteroatoms. The lowest BCUT2D eigenvalue weighted by atomic mass is 10.1. The van der Waals surface area contributed by atoms with E-state index >= 15 is 0 Å². The lowest BCUT2D eigenvalue weighted by Crippen LogP contribution is -2.27. The van der Waals surface area contributed by atoms with Crippen LogP contribution >= 0.6 is 0 Å². The highest BCUT2D eigenvalue weighted by Crippen LogP contribution is 2.21. The first-order chi connectivity index (χ1) is 9.79. The van der Waals surface area contributed by atoms with Gasteiger partial charge in [0.25, 0.3) is 0 Å². The number of anilines is 1. The molecule has 1 unspecified atom stereocenters. The minimum Gasteiger partial charge on any atom is -0.399 e. The summed E-state index contributed by atoms with van der Waals surface area (Å²) in [5.74, 6) is -0.586. The van der Waals surface area contributed by atoms with Crippen molar-refractivity contribution < 1.29 is 12.8 Å². The van der Waals surface area contributed by atoms with Gasteiger partial charge in [-0.1, -0.05) is 18.2 Å². The quantitative estimate of drug-likeness (QED) is 0.853. The number of hydrogen-bond donors (Lipinski definition) is 2. The third-order valence-electron chi connectivity index (χ3n) is 3.18. The highest BCUT2D eigenvalue weighted by Gasteiger charge is 2.21. The van der Waals surface area contributed by atoms with Crippen molar-refractivity contribution in [2.45, 2.75) is 24.8 Å². The summed E-state index contributed by atoms with van der Waals surface area (Å²) in [6.07, 6.45) is 0. The maximum absolute atomic E-state index is 13.3. The Morgan fingerprint density at radius 1 is 1.19 bits per heavy atom. The van der Waals surface area contributed by atoms with Crippen molar-refractivity contribution in [3.8, 4) is 0 Å². The molecule has 0 fully saturated rings. The van der Waals surface area contributed by atoms with Crippen LogP contribution in [0.5, 0.6) is 0 Å². The first-order valence-electron chi connectivity index (χ1n) is 6.43. The van der Waals surface area contributed by atoms with Crippen LogP contribution in [0, 0.1) is 12.7 Å². The van der Waals surface area contributed by atoms with E-state index in [1.807, 2.05) is 0 Å². The van der Waals surface area contributed by atoms with Gasteiger partial charge in [0.2, 0.25) is 10.0 Å². The van der Waals surface area contributed by atoms with Crippen LogP contribution in [0.2, 0.25) is 0 Å². The summed E-state index contributed by atoms with van der Waals surface area (Å²) < 4.78 is 40.5. The third kappa shape index (κ3) is 3.59. The van der Waals surface area contributed by atoms with E-state index in [9.17, 15) is 12.8 Å². The summed E-state index contributed by atoms with van der Waals surface area (Å²) in [5.41, 5.74) is 7.48. The molecular weight excluding hydrogens is 291 g/mol. The van der Waals surface area contributed by atoms with Gasteiger partial charge >= 0.3 is 0 Å². The molecule has 1 atom stereocenters. The molecule has 21 heavy (non-hydrogen) atoms. The molecule has 0 radical (unpaired) electrons. The molecule has 3 N–H and O–H groups in total. The Hall–Kier alpha value is -1.92. The molecule has 0 amide bonds. The van der Waals surface area contributed by atoms with E-state index in [0.717, 1.165) is 11.6 Å². The molecule has 0 saturated heterocycles. The zero-order chi connectivity index (χ0) is 15.6. The summed E-state index contributed by atoms with van der Waals surface area (Å²) in [4.78, 5) is -0.0572. The number of nitrogen functional groups attached to an aromatic ring is 1. The average molecular weight is 308 g/mol. The molecule has 0 saturated carbocycles. The summed E-state index contributed by atoms with van der Waals surface area (Å²) in [7, 11) is -3.80. The van der Waals surface area contributed by atoms with E-state index in [4.69, 9.17) is 5.73 Å². The van der Waals surface area contributed by atoms with E-state index in [1.54, 1.807) is 38.1 Å². The van der Waals surface area contributed by atoms with Gasteiger partial charge in [-0.15, -0.1) is 0 Å². The highest BCUT2D eigenvalue weighted by atomic mass is 32.2. The normalized spacial score (nSPS) is 13.1. The zero-order valence-electron chi connectivity index (χ0n) is 11.8. The minimum absolute atomic E-state index is 0.0572. The van der Waals surface area contributed by atoms with Crippen LogP contribution in [-0.4, -0.2) is 8.42 Å². The van der Waals surface area contributed by atoms with Crippen molar-refractivity contribution in [1.82, 2.24) is 4.72 Å². The summed E-state index contributed by atoms with van der Waals surface area (Å²) >= 11 is 0. The predicted molar refractivity (Wildman–Crippen MR) is 80.7 cm³/mol. The fourth-order valence-electron chi connectivity index (χ4n) is 2.06. The topological polar surface area (TPSA) is 72.2 Å². The van der Waals surface area contributed by atoms with Gasteiger partial charge in [-0.3, -0.25) is 0 Å². The molecule has 0 bridgehead atoms. The van der Waals surface area contributed by atoms with Gasteiger partial charge in [0, 0.05) is 11.7 Å². The van der Waals surface area contributed by atoms with Gasteiger partial charge in [-0.2, -0.15) is 0 Å². The molecule has 0 aliphatic rings. The Kier molecular flexibility index (Phi) is 4.29. The summed E-state index contributed by atoms with van der Waals surface area (Å²) in [6.45, 7) is 3.33. The molecule has 0 aliphatic heterocycles. The maximum atomic E-state index is 13.3. The Morgan fingerprint density at radius 3 is 2.57 bits per heavy atom. The van der Waals surface area contributed by atoms with Gasteiger partial charge < -0.3 is 5.73 Å². The number of nitrogens with two attached hydrogens (primary N) is 1. The fraction of sp³-hybridized carbons (Fsp3) is 0.200. The van der Waals surface area contributed by atoms with Gasteiger partial charge in [-0.25, -0.2) is 17.5 Å². The van der Waals surface area contributed by atoms with Crippen LogP contribution in [0.3, 0.4) is 0 Å². The molecule has 0 aromatic heterocycles. The van der Waals surface area contributed by atoms with Gasteiger partial charge in [0.15, 0.2) is 0 Å². The number of benzene rings is 2. The van der Waals surface area contributed by atoms with Crippen LogP contribution in [-0.2, 0) is 10.0 Å². The molecule has 2 rings (SSSR count). The number of sulfonamides is 1. The molecule has 2 aromatic carbocycles. The second-order valence-electron chi connectivity index (χ2n) is 4.92. The van der Waals surface area contributed by atoms with Crippen molar-refractivity contribution in [3.05, 3.63) is 59.4 Å². The molecule has 0 heterocycles. The second kappa shape index (κ2) is 5.83. The van der Waals surface area contributed by atoms with Crippen molar-refractivity contribution >= 4 is 15.7 Å². The first-order valence-corrected chi connectivity index (χ1v) is 7.92. The SMILES string of the molecule is Cc1ccc(F)cc1S(=O)(=O)NC(C)c1cccc(N)c1. The molecular formula is C15H17FN2O2S. The number of rotatable bonds is 4. The number of halogens is 1. The van der Waals surface area contributed by atoms with E-state index in [1.165, 1.54) is 12.1 Å². The van der Waals surface area contributed by atoms with Crippen molar-refractivity contribution in [3.63, 3.8) is 0 Å². The van der Waals surface area contributed by atoms with Gasteiger partial charge in [0.05, 0.1) is 4.90 Å². The fourth-order valence-corrected chi connectivity index (χ4v) is 3.54. The average Bonchev–Trinajstić information content (AvgIpc) is 2.41. The van der Waals surface area contributed by atoms with E-state index in [-0.39, 0.29) is 4.90 Å². The lowest BCUT2D eigenvalue weighted by molar-refractivity contribution is 0.563. The monoisotopic (exact) mass is 308 g/mol. The first kappa shape index (κ1) is 15.5. The largest absolute Gasteiger partial charge is 0.399 e. The van der Waals surface area contributed by atoms with Crippen LogP contribution in [0.4, 0.5) is 10.1 Å². The van der Waals surface area contributed by atoms with Crippen LogP contribution < -0.4 is 10.5 Å². The summed E-state index contributed by atoms with van der Waals surface area (Å²) in [6, 6.07) is 10.2. The molecule has 0 spiro atoms. The zero-order valence-corrected chi connectivity index (χ0v) is 12.6. The number of nitrogens with one attached hydrogen (secondary N) is 1. The Bertz CT molecular complexity index is 760. The van der Waals surface area contributed by atoms with E-state index in [0.29, 0.717) is 11.3 Å². The Morgan fingerprint density at radius 2 is 1.90 bits per heavy atom. The molecule has 2 aromatic rings. The standard InChI is InChI=1S/C15H17FN2O2S/c1-10-6-7-13(16)9-15(10)21(19,20)18-11(2)12-4-3-5-14(17)8-12/h3-9,11,18H,17H2,1-2H3. The molecule has 0 aliphatic carbocycles. The maximum Gasteiger partial charge on any atom is 0.241 e. The summed E-state index contributed by atoms with van der Waals surface area (Å²) in [5, 5.41) is 0. The third-order valence-corrected chi connectivity index (χ3v) is 4.87. The van der Waals surface area contributed by atoms with Crippen LogP contribution in [0.1, 0.15) is 24.1 Å². The van der Waals surface area contributed by atoms with Gasteiger partial charge in [0.1, 0.15) is 5.82 Å². The smallest absolute Gasteiger partial charge is 0.241 e. The Labute approximate surface area is 123 Å². The van der Waals surface area contributed by atoms with Crippen LogP contribution in [0.25, 0.3) is 0 Å². The van der Waals surface area contributed by atoms with E-state index < -0.39 is 21.9 Å². The molecule has 112 valence electrons. The van der Waals surface area contributed by atoms with Gasteiger partial charge in [-0.05, 0) is 49.2 Å². The second-order valence-corrected chi connectivity index (χ2v) is 6.61. The van der Waals surface area contributed by atoms with Crippen molar-refractivity contribution in [2.24, 2.45) is 0 Å². The number of hydrogen-bond acceptors (Lipinski definition) is 3. The highest BCUT2D eigenvalue weighted by molar-refractivity contribution is 7.89. The molecule has 4 nitrogen and oxygen atoms in total. The predicted octanol–water partition coefficient (Wildman–Crippen LogP) is 2.76. The Balaban J connectivity index is 2.31. The lowest BCUT2D eigenvalue weighted by Gasteiger charge is -2.16. The van der Waals surface area contributed by atoms with Crippen molar-refractivity contribution in [1.29, 1.82) is 0 Å². The minimum atomic E-state index is -3.80. The van der Waals surface area contributed by atoms with Crippen LogP contribution in [0.15, 0.2) is 47.4 Å². The van der Waals surface area contributed by atoms with E-state index in [2.05, 4.69) is 4.72 Å². The van der Waals surface area contributed by atoms with Crippen molar-refractivity contribution in [2.75, 3.05) is 5.73 Å². The number of aryl methyl sites for hydroxylation is 1.